The Morgan fingerprint density at radius 2 is 1.75 bits per heavy atom. The Morgan fingerprint density at radius 1 is 1.04 bits per heavy atom. The lowest BCUT2D eigenvalue weighted by Gasteiger charge is -2.36. The summed E-state index contributed by atoms with van der Waals surface area (Å²) in [6.07, 6.45) is 0. The summed E-state index contributed by atoms with van der Waals surface area (Å²) >= 11 is 1.85. The number of nitrogens with one attached hydrogen (secondary N) is 1. The number of benzene rings is 2. The van der Waals surface area contributed by atoms with E-state index in [4.69, 9.17) is 4.74 Å². The molecule has 3 rings (SSSR count). The fourth-order valence-corrected chi connectivity index (χ4v) is 4.14. The number of hydrogen-bond acceptors (Lipinski definition) is 5. The van der Waals surface area contributed by atoms with Crippen molar-refractivity contribution in [1.82, 2.24) is 10.2 Å². The first kappa shape index (κ1) is 20.6. The summed E-state index contributed by atoms with van der Waals surface area (Å²) in [6, 6.07) is 18.5. The average molecular weight is 400 g/mol. The minimum atomic E-state index is 0.117. The van der Waals surface area contributed by atoms with Crippen LogP contribution in [0.4, 0.5) is 5.69 Å². The predicted molar refractivity (Wildman–Crippen MR) is 117 cm³/mol. The van der Waals surface area contributed by atoms with E-state index in [1.165, 1.54) is 5.56 Å². The SMILES string of the molecule is COc1ccccc1N1CCN(CC(=O)NCCSCc2ccccc2)CC1. The molecule has 0 atom stereocenters. The third-order valence-corrected chi connectivity index (χ3v) is 5.88. The van der Waals surface area contributed by atoms with Gasteiger partial charge in [0.25, 0.3) is 0 Å². The number of methoxy groups -OCH3 is 1. The number of para-hydroxylation sites is 2. The molecule has 150 valence electrons. The molecule has 2 aromatic rings. The Morgan fingerprint density at radius 3 is 2.50 bits per heavy atom. The number of carbonyl (C=O) groups excluding carboxylic acids is 1. The minimum Gasteiger partial charge on any atom is -0.495 e. The lowest BCUT2D eigenvalue weighted by atomic mass is 10.2. The van der Waals surface area contributed by atoms with Crippen LogP contribution < -0.4 is 15.0 Å². The number of rotatable bonds is 9. The van der Waals surface area contributed by atoms with Crippen molar-refractivity contribution in [2.45, 2.75) is 5.75 Å². The first-order valence-electron chi connectivity index (χ1n) is 9.75. The fraction of sp³-hybridized carbons (Fsp3) is 0.409. The molecule has 0 aliphatic carbocycles. The average Bonchev–Trinajstić information content (AvgIpc) is 2.75. The van der Waals surface area contributed by atoms with Crippen LogP contribution in [0.15, 0.2) is 54.6 Å². The van der Waals surface area contributed by atoms with Crippen LogP contribution in [0.25, 0.3) is 0 Å². The maximum absolute atomic E-state index is 12.2. The van der Waals surface area contributed by atoms with E-state index in [0.29, 0.717) is 6.54 Å². The molecule has 6 heteroatoms. The van der Waals surface area contributed by atoms with E-state index in [2.05, 4.69) is 45.4 Å². The third-order valence-electron chi connectivity index (χ3n) is 4.85. The van der Waals surface area contributed by atoms with Gasteiger partial charge in [-0.1, -0.05) is 42.5 Å². The monoisotopic (exact) mass is 399 g/mol. The summed E-state index contributed by atoms with van der Waals surface area (Å²) < 4.78 is 5.46. The van der Waals surface area contributed by atoms with Gasteiger partial charge in [-0.05, 0) is 17.7 Å². The zero-order chi connectivity index (χ0) is 19.6. The van der Waals surface area contributed by atoms with Gasteiger partial charge >= 0.3 is 0 Å². The molecule has 2 aromatic carbocycles. The number of amides is 1. The summed E-state index contributed by atoms with van der Waals surface area (Å²) in [5.74, 6) is 2.94. The highest BCUT2D eigenvalue weighted by Crippen LogP contribution is 2.28. The zero-order valence-electron chi connectivity index (χ0n) is 16.5. The van der Waals surface area contributed by atoms with Crippen LogP contribution >= 0.6 is 11.8 Å². The topological polar surface area (TPSA) is 44.8 Å². The summed E-state index contributed by atoms with van der Waals surface area (Å²) in [5.41, 5.74) is 2.45. The van der Waals surface area contributed by atoms with Crippen LogP contribution in [0.1, 0.15) is 5.56 Å². The van der Waals surface area contributed by atoms with Gasteiger partial charge in [-0.25, -0.2) is 0 Å². The molecule has 1 aliphatic heterocycles. The van der Waals surface area contributed by atoms with Crippen molar-refractivity contribution in [2.24, 2.45) is 0 Å². The molecular weight excluding hydrogens is 370 g/mol. The number of nitrogens with zero attached hydrogens (tertiary/aromatic N) is 2. The van der Waals surface area contributed by atoms with Crippen molar-refractivity contribution < 1.29 is 9.53 Å². The van der Waals surface area contributed by atoms with Crippen molar-refractivity contribution >= 4 is 23.4 Å². The quantitative estimate of drug-likeness (QED) is 0.657. The number of piperazine rings is 1. The second-order valence-electron chi connectivity index (χ2n) is 6.82. The van der Waals surface area contributed by atoms with E-state index in [1.807, 2.05) is 36.0 Å². The third kappa shape index (κ3) is 6.17. The van der Waals surface area contributed by atoms with Crippen molar-refractivity contribution in [1.29, 1.82) is 0 Å². The molecule has 0 unspecified atom stereocenters. The first-order chi connectivity index (χ1) is 13.8. The second kappa shape index (κ2) is 11.0. The number of carbonyl (C=O) groups is 1. The van der Waals surface area contributed by atoms with Crippen LogP contribution in [0.2, 0.25) is 0 Å². The Hall–Kier alpha value is -2.18. The Bertz CT molecular complexity index is 734. The van der Waals surface area contributed by atoms with Crippen molar-refractivity contribution in [3.05, 3.63) is 60.2 Å². The number of anilines is 1. The number of ether oxygens (including phenoxy) is 1. The van der Waals surface area contributed by atoms with Gasteiger partial charge in [0.2, 0.25) is 5.91 Å². The largest absolute Gasteiger partial charge is 0.495 e. The molecule has 0 spiro atoms. The van der Waals surface area contributed by atoms with Crippen molar-refractivity contribution in [2.75, 3.05) is 57.0 Å². The summed E-state index contributed by atoms with van der Waals surface area (Å²) in [4.78, 5) is 16.7. The van der Waals surface area contributed by atoms with Crippen LogP contribution in [0, 0.1) is 0 Å². The molecule has 1 fully saturated rings. The van der Waals surface area contributed by atoms with E-state index in [1.54, 1.807) is 7.11 Å². The summed E-state index contributed by atoms with van der Waals surface area (Å²) in [7, 11) is 1.71. The zero-order valence-corrected chi connectivity index (χ0v) is 17.3. The van der Waals surface area contributed by atoms with Gasteiger partial charge in [-0.3, -0.25) is 9.69 Å². The van der Waals surface area contributed by atoms with Gasteiger partial charge in [0.1, 0.15) is 5.75 Å². The maximum atomic E-state index is 12.2. The molecule has 0 bridgehead atoms. The molecule has 1 N–H and O–H groups in total. The maximum Gasteiger partial charge on any atom is 0.234 e. The molecular formula is C22H29N3O2S. The smallest absolute Gasteiger partial charge is 0.234 e. The highest BCUT2D eigenvalue weighted by molar-refractivity contribution is 7.98. The van der Waals surface area contributed by atoms with Gasteiger partial charge in [-0.15, -0.1) is 0 Å². The fourth-order valence-electron chi connectivity index (χ4n) is 3.32. The molecule has 28 heavy (non-hydrogen) atoms. The molecule has 0 aromatic heterocycles. The molecule has 1 saturated heterocycles. The van der Waals surface area contributed by atoms with Crippen molar-refractivity contribution in [3.8, 4) is 5.75 Å². The highest BCUT2D eigenvalue weighted by Gasteiger charge is 2.20. The van der Waals surface area contributed by atoms with E-state index in [-0.39, 0.29) is 5.91 Å². The number of hydrogen-bond donors (Lipinski definition) is 1. The van der Waals surface area contributed by atoms with E-state index in [0.717, 1.165) is 55.7 Å². The predicted octanol–water partition coefficient (Wildman–Crippen LogP) is 2.87. The van der Waals surface area contributed by atoms with Gasteiger partial charge < -0.3 is 15.0 Å². The van der Waals surface area contributed by atoms with Crippen LogP contribution in [-0.2, 0) is 10.5 Å². The van der Waals surface area contributed by atoms with E-state index < -0.39 is 0 Å². The van der Waals surface area contributed by atoms with Gasteiger partial charge in [0.05, 0.1) is 19.3 Å². The summed E-state index contributed by atoms with van der Waals surface area (Å²) in [5, 5.41) is 3.04. The highest BCUT2D eigenvalue weighted by atomic mass is 32.2. The minimum absolute atomic E-state index is 0.117. The van der Waals surface area contributed by atoms with E-state index in [9.17, 15) is 4.79 Å². The standard InChI is InChI=1S/C22H29N3O2S/c1-27-21-10-6-5-9-20(21)25-14-12-24(13-15-25)17-22(26)23-11-16-28-18-19-7-3-2-4-8-19/h2-10H,11-18H2,1H3,(H,23,26). The lowest BCUT2D eigenvalue weighted by Crippen LogP contribution is -2.49. The summed E-state index contributed by atoms with van der Waals surface area (Å²) in [6.45, 7) is 4.77. The first-order valence-corrected chi connectivity index (χ1v) is 10.9. The van der Waals surface area contributed by atoms with Crippen LogP contribution in [0.5, 0.6) is 5.75 Å². The van der Waals surface area contributed by atoms with Gasteiger partial charge in [0.15, 0.2) is 0 Å². The molecule has 0 radical (unpaired) electrons. The Kier molecular flexibility index (Phi) is 8.06. The Balaban J connectivity index is 1.31. The van der Waals surface area contributed by atoms with Gasteiger partial charge in [0, 0.05) is 44.2 Å². The Labute approximate surface area is 172 Å². The molecule has 5 nitrogen and oxygen atoms in total. The molecule has 0 saturated carbocycles. The second-order valence-corrected chi connectivity index (χ2v) is 7.93. The van der Waals surface area contributed by atoms with Crippen LogP contribution in [0.3, 0.4) is 0 Å². The van der Waals surface area contributed by atoms with Gasteiger partial charge in [-0.2, -0.15) is 11.8 Å². The van der Waals surface area contributed by atoms with Crippen molar-refractivity contribution in [3.63, 3.8) is 0 Å². The normalized spacial score (nSPS) is 14.7. The van der Waals surface area contributed by atoms with E-state index >= 15 is 0 Å². The molecule has 1 amide bonds. The molecule has 1 heterocycles. The molecule has 1 aliphatic rings. The lowest BCUT2D eigenvalue weighted by molar-refractivity contribution is -0.122. The van der Waals surface area contributed by atoms with Crippen LogP contribution in [-0.4, -0.2) is 62.9 Å². The number of thioether (sulfide) groups is 1.